The van der Waals surface area contributed by atoms with Gasteiger partial charge in [0.25, 0.3) is 0 Å². The fourth-order valence-corrected chi connectivity index (χ4v) is 1.22. The van der Waals surface area contributed by atoms with Crippen LogP contribution in [0.2, 0.25) is 0 Å². The van der Waals surface area contributed by atoms with Crippen LogP contribution in [0.25, 0.3) is 0 Å². The van der Waals surface area contributed by atoms with E-state index in [2.05, 4.69) is 41.7 Å². The monoisotopic (exact) mass is 253 g/mol. The molecule has 0 aromatic carbocycles. The molecule has 0 heterocycles. The summed E-state index contributed by atoms with van der Waals surface area (Å²) >= 11 is 9.08. The first-order valence-corrected chi connectivity index (χ1v) is 5.53. The highest BCUT2D eigenvalue weighted by Gasteiger charge is 2.21. The average molecular weight is 255 g/mol. The zero-order chi connectivity index (χ0) is 9.78. The first-order valence-electron chi connectivity index (χ1n) is 3.97. The smallest absolute Gasteiger partial charge is 0.0250 e. The van der Waals surface area contributed by atoms with Gasteiger partial charge in [-0.15, -0.1) is 0 Å². The Bertz CT molecular complexity index is 166. The summed E-state index contributed by atoms with van der Waals surface area (Å²) in [4.78, 5) is 2.27. The number of hydrogen-bond donors (Lipinski definition) is 0. The molecule has 0 saturated carbocycles. The van der Waals surface area contributed by atoms with E-state index in [4.69, 9.17) is 11.6 Å². The SMILES string of the molecule is CC(=CCl)CN(C)C(C)(C)CBr. The van der Waals surface area contributed by atoms with Gasteiger partial charge in [0, 0.05) is 22.9 Å². The molecular weight excluding hydrogens is 237 g/mol. The van der Waals surface area contributed by atoms with Gasteiger partial charge < -0.3 is 0 Å². The molecule has 0 spiro atoms. The average Bonchev–Trinajstić information content (AvgIpc) is 2.04. The van der Waals surface area contributed by atoms with Gasteiger partial charge >= 0.3 is 0 Å². The molecule has 0 amide bonds. The summed E-state index contributed by atoms with van der Waals surface area (Å²) in [5.74, 6) is 0. The summed E-state index contributed by atoms with van der Waals surface area (Å²) in [6.07, 6.45) is 0. The van der Waals surface area contributed by atoms with Crippen molar-refractivity contribution in [2.75, 3.05) is 18.9 Å². The topological polar surface area (TPSA) is 3.24 Å². The van der Waals surface area contributed by atoms with Crippen molar-refractivity contribution in [1.82, 2.24) is 4.90 Å². The number of hydrogen-bond acceptors (Lipinski definition) is 1. The Morgan fingerprint density at radius 3 is 2.42 bits per heavy atom. The van der Waals surface area contributed by atoms with E-state index in [1.54, 1.807) is 5.54 Å². The molecule has 0 atom stereocenters. The van der Waals surface area contributed by atoms with Crippen LogP contribution in [0.3, 0.4) is 0 Å². The molecule has 1 nitrogen and oxygen atoms in total. The van der Waals surface area contributed by atoms with Crippen LogP contribution >= 0.6 is 27.5 Å². The second-order valence-corrected chi connectivity index (χ2v) is 4.54. The molecule has 0 aliphatic heterocycles. The molecule has 0 N–H and O–H groups in total. The van der Waals surface area contributed by atoms with Crippen LogP contribution in [0.1, 0.15) is 20.8 Å². The van der Waals surface area contributed by atoms with Crippen molar-refractivity contribution in [3.05, 3.63) is 11.1 Å². The predicted octanol–water partition coefficient (Wildman–Crippen LogP) is 3.23. The van der Waals surface area contributed by atoms with Gasteiger partial charge in [-0.3, -0.25) is 4.90 Å². The predicted molar refractivity (Wildman–Crippen MR) is 60.1 cm³/mol. The van der Waals surface area contributed by atoms with Crippen molar-refractivity contribution < 1.29 is 0 Å². The zero-order valence-corrected chi connectivity index (χ0v) is 10.5. The first-order chi connectivity index (χ1) is 5.44. The van der Waals surface area contributed by atoms with Crippen LogP contribution in [0.4, 0.5) is 0 Å². The zero-order valence-electron chi connectivity index (χ0n) is 8.19. The third-order valence-corrected chi connectivity index (χ3v) is 3.78. The van der Waals surface area contributed by atoms with E-state index in [0.717, 1.165) is 11.9 Å². The lowest BCUT2D eigenvalue weighted by Gasteiger charge is -2.34. The number of likely N-dealkylation sites (N-methyl/N-ethyl adjacent to an activating group) is 1. The number of halogens is 2. The fourth-order valence-electron chi connectivity index (χ4n) is 0.725. The van der Waals surface area contributed by atoms with E-state index in [1.807, 2.05) is 6.92 Å². The Kier molecular flexibility index (Phi) is 5.46. The van der Waals surface area contributed by atoms with Crippen molar-refractivity contribution in [3.8, 4) is 0 Å². The van der Waals surface area contributed by atoms with Crippen molar-refractivity contribution >= 4 is 27.5 Å². The minimum Gasteiger partial charge on any atom is -0.296 e. The highest BCUT2D eigenvalue weighted by molar-refractivity contribution is 9.09. The minimum absolute atomic E-state index is 0.182. The second-order valence-electron chi connectivity index (χ2n) is 3.76. The van der Waals surface area contributed by atoms with E-state index < -0.39 is 0 Å². The van der Waals surface area contributed by atoms with E-state index in [-0.39, 0.29) is 5.54 Å². The highest BCUT2D eigenvalue weighted by atomic mass is 79.9. The van der Waals surface area contributed by atoms with E-state index in [9.17, 15) is 0 Å². The molecule has 0 unspecified atom stereocenters. The molecule has 0 aromatic rings. The maximum Gasteiger partial charge on any atom is 0.0250 e. The van der Waals surface area contributed by atoms with Crippen molar-refractivity contribution in [2.24, 2.45) is 0 Å². The summed E-state index contributed by atoms with van der Waals surface area (Å²) < 4.78 is 0. The van der Waals surface area contributed by atoms with Gasteiger partial charge in [-0.2, -0.15) is 0 Å². The van der Waals surface area contributed by atoms with Crippen LogP contribution in [0.15, 0.2) is 11.1 Å². The van der Waals surface area contributed by atoms with Gasteiger partial charge in [-0.05, 0) is 33.4 Å². The third kappa shape index (κ3) is 3.92. The molecule has 0 fully saturated rings. The number of rotatable bonds is 4. The summed E-state index contributed by atoms with van der Waals surface area (Å²) in [5.41, 5.74) is 3.01. The summed E-state index contributed by atoms with van der Waals surface area (Å²) in [7, 11) is 2.10. The van der Waals surface area contributed by atoms with Gasteiger partial charge in [-0.25, -0.2) is 0 Å². The minimum atomic E-state index is 0.182. The lowest BCUT2D eigenvalue weighted by atomic mass is 10.1. The molecule has 0 aliphatic rings. The van der Waals surface area contributed by atoms with E-state index >= 15 is 0 Å². The van der Waals surface area contributed by atoms with Gasteiger partial charge in [0.05, 0.1) is 0 Å². The first kappa shape index (κ1) is 12.5. The molecule has 0 bridgehead atoms. The molecule has 0 saturated heterocycles. The van der Waals surface area contributed by atoms with Crippen LogP contribution < -0.4 is 0 Å². The van der Waals surface area contributed by atoms with E-state index in [0.29, 0.717) is 0 Å². The summed E-state index contributed by atoms with van der Waals surface area (Å²) in [6, 6.07) is 0. The van der Waals surface area contributed by atoms with Gasteiger partial charge in [0.1, 0.15) is 0 Å². The lowest BCUT2D eigenvalue weighted by Crippen LogP contribution is -2.43. The summed E-state index contributed by atoms with van der Waals surface area (Å²) in [6.45, 7) is 7.35. The molecule has 12 heavy (non-hydrogen) atoms. The summed E-state index contributed by atoms with van der Waals surface area (Å²) in [5, 5.41) is 0.964. The van der Waals surface area contributed by atoms with Crippen LogP contribution in [0.5, 0.6) is 0 Å². The van der Waals surface area contributed by atoms with Gasteiger partial charge in [-0.1, -0.05) is 27.5 Å². The van der Waals surface area contributed by atoms with Crippen LogP contribution in [0, 0.1) is 0 Å². The second kappa shape index (κ2) is 5.25. The maximum absolute atomic E-state index is 5.59. The fraction of sp³-hybridized carbons (Fsp3) is 0.778. The molecule has 72 valence electrons. The maximum atomic E-state index is 5.59. The normalized spacial score (nSPS) is 14.1. The molecular formula is C9H17BrClN. The third-order valence-electron chi connectivity index (χ3n) is 2.03. The van der Waals surface area contributed by atoms with Crippen molar-refractivity contribution in [2.45, 2.75) is 26.3 Å². The Balaban J connectivity index is 4.12. The van der Waals surface area contributed by atoms with Crippen molar-refractivity contribution in [3.63, 3.8) is 0 Å². The Labute approximate surface area is 88.9 Å². The molecule has 0 radical (unpaired) electrons. The largest absolute Gasteiger partial charge is 0.296 e. The molecule has 0 rings (SSSR count). The Hall–Kier alpha value is 0.470. The number of nitrogens with zero attached hydrogens (tertiary/aromatic N) is 1. The van der Waals surface area contributed by atoms with Gasteiger partial charge in [0.15, 0.2) is 0 Å². The van der Waals surface area contributed by atoms with Crippen LogP contribution in [-0.4, -0.2) is 29.4 Å². The van der Waals surface area contributed by atoms with Crippen molar-refractivity contribution in [1.29, 1.82) is 0 Å². The lowest BCUT2D eigenvalue weighted by molar-refractivity contribution is 0.198. The quantitative estimate of drug-likeness (QED) is 0.696. The molecule has 3 heteroatoms. The molecule has 0 aliphatic carbocycles. The van der Waals surface area contributed by atoms with Crippen LogP contribution in [-0.2, 0) is 0 Å². The Morgan fingerprint density at radius 2 is 2.08 bits per heavy atom. The van der Waals surface area contributed by atoms with Gasteiger partial charge in [0.2, 0.25) is 0 Å². The molecule has 0 aromatic heterocycles. The Morgan fingerprint density at radius 1 is 1.58 bits per heavy atom. The standard InChI is InChI=1S/C9H17BrClN/c1-8(5-11)6-12(4)9(2,3)7-10/h5H,6-7H2,1-4H3. The highest BCUT2D eigenvalue weighted by Crippen LogP contribution is 2.16. The van der Waals surface area contributed by atoms with E-state index in [1.165, 1.54) is 5.57 Å². The number of alkyl halides is 1.